The van der Waals surface area contributed by atoms with Gasteiger partial charge in [0.2, 0.25) is 0 Å². The van der Waals surface area contributed by atoms with Gasteiger partial charge in [0.15, 0.2) is 0 Å². The average molecular weight is 283 g/mol. The molecule has 19 heavy (non-hydrogen) atoms. The predicted molar refractivity (Wildman–Crippen MR) is 78.5 cm³/mol. The molecule has 1 N–H and O–H groups in total. The fourth-order valence-electron chi connectivity index (χ4n) is 2.76. The summed E-state index contributed by atoms with van der Waals surface area (Å²) in [4.78, 5) is 0. The summed E-state index contributed by atoms with van der Waals surface area (Å²) in [7, 11) is 0. The molecule has 1 heterocycles. The molecule has 0 radical (unpaired) electrons. The maximum Gasteiger partial charge on any atom is 0.294 e. The van der Waals surface area contributed by atoms with Gasteiger partial charge in [0.05, 0.1) is 6.54 Å². The molecule has 1 aliphatic carbocycles. The molecule has 0 amide bonds. The van der Waals surface area contributed by atoms with Crippen LogP contribution in [-0.4, -0.2) is 22.3 Å². The van der Waals surface area contributed by atoms with Crippen molar-refractivity contribution in [3.8, 4) is 5.19 Å². The molecule has 0 bridgehead atoms. The molecule has 1 aromatic rings. The van der Waals surface area contributed by atoms with Crippen molar-refractivity contribution in [2.75, 3.05) is 0 Å². The number of aromatic nitrogens is 2. The highest BCUT2D eigenvalue weighted by Gasteiger charge is 2.26. The third kappa shape index (κ3) is 4.73. The zero-order valence-electron chi connectivity index (χ0n) is 12.3. The molecule has 0 saturated heterocycles. The predicted octanol–water partition coefficient (Wildman–Crippen LogP) is 3.24. The highest BCUT2D eigenvalue weighted by Crippen LogP contribution is 2.32. The van der Waals surface area contributed by atoms with Crippen molar-refractivity contribution in [1.82, 2.24) is 15.5 Å². The van der Waals surface area contributed by atoms with Gasteiger partial charge in [0.1, 0.15) is 11.1 Å². The normalized spacial score (nSPS) is 27.7. The second-order valence-electron chi connectivity index (χ2n) is 6.15. The standard InChI is InChI=1S/C14H25N3OS/c1-9(2)15-8-13-16-17-14(19-13)18-12-6-10(3)5-11(4)7-12/h9-12,15H,5-8H2,1-4H3. The first-order chi connectivity index (χ1) is 9.02. The third-order valence-electron chi connectivity index (χ3n) is 3.51. The topological polar surface area (TPSA) is 47.0 Å². The number of ether oxygens (including phenoxy) is 1. The van der Waals surface area contributed by atoms with Gasteiger partial charge in [-0.1, -0.05) is 44.1 Å². The lowest BCUT2D eigenvalue weighted by atomic mass is 9.82. The van der Waals surface area contributed by atoms with E-state index >= 15 is 0 Å². The number of nitrogens with one attached hydrogen (secondary N) is 1. The van der Waals surface area contributed by atoms with Crippen LogP contribution in [-0.2, 0) is 6.54 Å². The molecule has 1 saturated carbocycles. The highest BCUT2D eigenvalue weighted by molar-refractivity contribution is 7.13. The number of hydrogen-bond acceptors (Lipinski definition) is 5. The van der Waals surface area contributed by atoms with Crippen molar-refractivity contribution in [1.29, 1.82) is 0 Å². The minimum absolute atomic E-state index is 0.317. The van der Waals surface area contributed by atoms with Crippen LogP contribution in [0.3, 0.4) is 0 Å². The van der Waals surface area contributed by atoms with Gasteiger partial charge in [0.25, 0.3) is 5.19 Å². The first-order valence-corrected chi connectivity index (χ1v) is 8.07. The second kappa shape index (κ2) is 6.66. The van der Waals surface area contributed by atoms with Crippen molar-refractivity contribution in [3.05, 3.63) is 5.01 Å². The van der Waals surface area contributed by atoms with Gasteiger partial charge in [-0.25, -0.2) is 0 Å². The van der Waals surface area contributed by atoms with E-state index in [9.17, 15) is 0 Å². The lowest BCUT2D eigenvalue weighted by Gasteiger charge is -2.30. The monoisotopic (exact) mass is 283 g/mol. The van der Waals surface area contributed by atoms with Crippen LogP contribution in [0.1, 0.15) is 52.0 Å². The molecule has 1 aliphatic rings. The molecule has 0 spiro atoms. The molecule has 0 aromatic carbocycles. The van der Waals surface area contributed by atoms with Crippen LogP contribution in [0.15, 0.2) is 0 Å². The van der Waals surface area contributed by atoms with Crippen LogP contribution in [0.2, 0.25) is 0 Å². The third-order valence-corrected chi connectivity index (χ3v) is 4.33. The maximum absolute atomic E-state index is 6.00. The Balaban J connectivity index is 1.85. The fraction of sp³-hybridized carbons (Fsp3) is 0.857. The quantitative estimate of drug-likeness (QED) is 0.901. The van der Waals surface area contributed by atoms with Gasteiger partial charge in [-0.2, -0.15) is 0 Å². The van der Waals surface area contributed by atoms with Crippen LogP contribution >= 0.6 is 11.3 Å². The maximum atomic E-state index is 6.00. The summed E-state index contributed by atoms with van der Waals surface area (Å²) in [5.41, 5.74) is 0. The molecule has 2 rings (SSSR count). The highest BCUT2D eigenvalue weighted by atomic mass is 32.1. The second-order valence-corrected chi connectivity index (χ2v) is 7.18. The first kappa shape index (κ1) is 14.7. The summed E-state index contributed by atoms with van der Waals surface area (Å²) in [6, 6.07) is 0.466. The molecular weight excluding hydrogens is 258 g/mol. The minimum atomic E-state index is 0.317. The van der Waals surface area contributed by atoms with Crippen LogP contribution < -0.4 is 10.1 Å². The summed E-state index contributed by atoms with van der Waals surface area (Å²) < 4.78 is 6.00. The van der Waals surface area contributed by atoms with E-state index in [1.807, 2.05) is 0 Å². The average Bonchev–Trinajstić information content (AvgIpc) is 2.72. The Morgan fingerprint density at radius 1 is 1.21 bits per heavy atom. The summed E-state index contributed by atoms with van der Waals surface area (Å²) in [5, 5.41) is 13.4. The molecule has 108 valence electrons. The molecule has 4 nitrogen and oxygen atoms in total. The zero-order valence-corrected chi connectivity index (χ0v) is 13.2. The van der Waals surface area contributed by atoms with Crippen molar-refractivity contribution in [3.63, 3.8) is 0 Å². The molecule has 5 heteroatoms. The summed E-state index contributed by atoms with van der Waals surface area (Å²) in [6.45, 7) is 9.65. The zero-order chi connectivity index (χ0) is 13.8. The van der Waals surface area contributed by atoms with Crippen molar-refractivity contribution in [2.45, 2.75) is 65.6 Å². The minimum Gasteiger partial charge on any atom is -0.466 e. The Labute approximate surface area is 120 Å². The van der Waals surface area contributed by atoms with Crippen LogP contribution in [0.5, 0.6) is 5.19 Å². The molecule has 1 aromatic heterocycles. The van der Waals surface area contributed by atoms with E-state index in [0.29, 0.717) is 12.1 Å². The lowest BCUT2D eigenvalue weighted by Crippen LogP contribution is -2.28. The van der Waals surface area contributed by atoms with Crippen molar-refractivity contribution < 1.29 is 4.74 Å². The first-order valence-electron chi connectivity index (χ1n) is 7.25. The molecule has 2 unspecified atom stereocenters. The van der Waals surface area contributed by atoms with E-state index in [2.05, 4.69) is 43.2 Å². The fourth-order valence-corrected chi connectivity index (χ4v) is 3.47. The smallest absolute Gasteiger partial charge is 0.294 e. The summed E-state index contributed by atoms with van der Waals surface area (Å²) in [6.07, 6.45) is 3.92. The van der Waals surface area contributed by atoms with Crippen LogP contribution in [0.25, 0.3) is 0 Å². The lowest BCUT2D eigenvalue weighted by molar-refractivity contribution is 0.1000. The van der Waals surface area contributed by atoms with E-state index in [1.54, 1.807) is 11.3 Å². The van der Waals surface area contributed by atoms with Gasteiger partial charge < -0.3 is 10.1 Å². The van der Waals surface area contributed by atoms with Crippen molar-refractivity contribution in [2.24, 2.45) is 11.8 Å². The number of rotatable bonds is 5. The van der Waals surface area contributed by atoms with Crippen molar-refractivity contribution >= 4 is 11.3 Å². The Kier molecular flexibility index (Phi) is 5.16. The Morgan fingerprint density at radius 2 is 1.89 bits per heavy atom. The Bertz CT molecular complexity index is 384. The van der Waals surface area contributed by atoms with Crippen LogP contribution in [0, 0.1) is 11.8 Å². The van der Waals surface area contributed by atoms with E-state index in [0.717, 1.165) is 41.4 Å². The summed E-state index contributed by atoms with van der Waals surface area (Å²) in [5.74, 6) is 1.51. The largest absolute Gasteiger partial charge is 0.466 e. The van der Waals surface area contributed by atoms with Gasteiger partial charge in [0, 0.05) is 6.04 Å². The van der Waals surface area contributed by atoms with E-state index in [4.69, 9.17) is 4.74 Å². The Morgan fingerprint density at radius 3 is 2.53 bits per heavy atom. The van der Waals surface area contributed by atoms with Gasteiger partial charge in [-0.05, 0) is 31.1 Å². The summed E-state index contributed by atoms with van der Waals surface area (Å²) >= 11 is 1.56. The van der Waals surface area contributed by atoms with Gasteiger partial charge >= 0.3 is 0 Å². The van der Waals surface area contributed by atoms with Crippen LogP contribution in [0.4, 0.5) is 0 Å². The van der Waals surface area contributed by atoms with Gasteiger partial charge in [-0.3, -0.25) is 0 Å². The number of hydrogen-bond donors (Lipinski definition) is 1. The molecule has 1 fully saturated rings. The van der Waals surface area contributed by atoms with Gasteiger partial charge in [-0.15, -0.1) is 5.10 Å². The molecule has 0 aliphatic heterocycles. The molecular formula is C14H25N3OS. The number of nitrogens with zero attached hydrogens (tertiary/aromatic N) is 2. The Hall–Kier alpha value is -0.680. The van der Waals surface area contributed by atoms with E-state index in [1.165, 1.54) is 6.42 Å². The van der Waals surface area contributed by atoms with E-state index < -0.39 is 0 Å². The van der Waals surface area contributed by atoms with E-state index in [-0.39, 0.29) is 0 Å². The SMILES string of the molecule is CC1CC(C)CC(Oc2nnc(CNC(C)C)s2)C1. The molecule has 2 atom stereocenters.